The van der Waals surface area contributed by atoms with Crippen molar-refractivity contribution >= 4 is 17.6 Å². The minimum absolute atomic E-state index is 0.292. The number of anilines is 2. The van der Waals surface area contributed by atoms with Crippen LogP contribution in [0.2, 0.25) is 0 Å². The summed E-state index contributed by atoms with van der Waals surface area (Å²) >= 11 is 0. The lowest BCUT2D eigenvalue weighted by Crippen LogP contribution is -2.32. The molecule has 0 spiro atoms. The summed E-state index contributed by atoms with van der Waals surface area (Å²) in [5.41, 5.74) is 4.83. The van der Waals surface area contributed by atoms with Crippen LogP contribution in [0, 0.1) is 0 Å². The van der Waals surface area contributed by atoms with Gasteiger partial charge in [-0.15, -0.1) is 0 Å². The number of carboxylic acid groups (broad SMARTS) is 1. The molecule has 1 heterocycles. The van der Waals surface area contributed by atoms with E-state index >= 15 is 0 Å². The first-order valence-corrected chi connectivity index (χ1v) is 10.4. The molecule has 32 heavy (non-hydrogen) atoms. The van der Waals surface area contributed by atoms with Crippen LogP contribution in [0.5, 0.6) is 0 Å². The fourth-order valence-corrected chi connectivity index (χ4v) is 3.35. The average molecular weight is 425 g/mol. The Morgan fingerprint density at radius 3 is 2.22 bits per heavy atom. The van der Waals surface area contributed by atoms with E-state index in [-0.39, 0.29) is 0 Å². The molecule has 3 N–H and O–H groups in total. The summed E-state index contributed by atoms with van der Waals surface area (Å²) < 4.78 is 0. The van der Waals surface area contributed by atoms with Crippen molar-refractivity contribution in [3.05, 3.63) is 108 Å². The van der Waals surface area contributed by atoms with E-state index in [4.69, 9.17) is 0 Å². The number of hydrogen-bond acceptors (Lipinski definition) is 5. The van der Waals surface area contributed by atoms with E-state index in [1.165, 1.54) is 0 Å². The second-order valence-electron chi connectivity index (χ2n) is 7.41. The predicted molar refractivity (Wildman–Crippen MR) is 126 cm³/mol. The van der Waals surface area contributed by atoms with Gasteiger partial charge in [0.2, 0.25) is 5.95 Å². The predicted octanol–water partition coefficient (Wildman–Crippen LogP) is 4.86. The lowest BCUT2D eigenvalue weighted by atomic mass is 10.1. The summed E-state index contributed by atoms with van der Waals surface area (Å²) in [6.45, 7) is 0.723. The third-order valence-corrected chi connectivity index (χ3v) is 5.06. The molecule has 0 aliphatic rings. The standard InChI is InChI=1S/C26H24N4O2/c31-25(32)24(17-19-7-3-1-4-8-19)30-26-27-16-15-23(29-26)21-13-11-20(12-14-21)18-28-22-9-5-2-6-10-22/h1-16,24,28H,17-18H2,(H,31,32)(H,27,29,30). The highest BCUT2D eigenvalue weighted by atomic mass is 16.4. The zero-order chi connectivity index (χ0) is 22.2. The first-order valence-electron chi connectivity index (χ1n) is 10.4. The van der Waals surface area contributed by atoms with E-state index in [0.29, 0.717) is 12.4 Å². The van der Waals surface area contributed by atoms with Gasteiger partial charge in [-0.3, -0.25) is 0 Å². The number of carboxylic acids is 1. The number of rotatable bonds is 9. The number of aromatic nitrogens is 2. The second-order valence-corrected chi connectivity index (χ2v) is 7.41. The molecule has 6 nitrogen and oxygen atoms in total. The third-order valence-electron chi connectivity index (χ3n) is 5.06. The molecule has 160 valence electrons. The quantitative estimate of drug-likeness (QED) is 0.356. The molecular formula is C26H24N4O2. The van der Waals surface area contributed by atoms with Crippen molar-refractivity contribution in [1.82, 2.24) is 9.97 Å². The molecule has 1 atom stereocenters. The van der Waals surface area contributed by atoms with Crippen LogP contribution in [-0.4, -0.2) is 27.1 Å². The van der Waals surface area contributed by atoms with Crippen molar-refractivity contribution in [3.8, 4) is 11.3 Å². The van der Waals surface area contributed by atoms with Crippen LogP contribution >= 0.6 is 0 Å². The van der Waals surface area contributed by atoms with Gasteiger partial charge in [0, 0.05) is 30.4 Å². The van der Waals surface area contributed by atoms with Crippen molar-refractivity contribution in [1.29, 1.82) is 0 Å². The fourth-order valence-electron chi connectivity index (χ4n) is 3.35. The van der Waals surface area contributed by atoms with Gasteiger partial charge < -0.3 is 15.7 Å². The molecule has 0 amide bonds. The topological polar surface area (TPSA) is 87.1 Å². The van der Waals surface area contributed by atoms with Gasteiger partial charge in [-0.2, -0.15) is 0 Å². The molecular weight excluding hydrogens is 400 g/mol. The molecule has 6 heteroatoms. The van der Waals surface area contributed by atoms with Crippen LogP contribution in [-0.2, 0) is 17.8 Å². The highest BCUT2D eigenvalue weighted by Crippen LogP contribution is 2.20. The van der Waals surface area contributed by atoms with E-state index < -0.39 is 12.0 Å². The van der Waals surface area contributed by atoms with Gasteiger partial charge in [-0.1, -0.05) is 72.8 Å². The molecule has 0 saturated heterocycles. The molecule has 0 radical (unpaired) electrons. The molecule has 0 saturated carbocycles. The SMILES string of the molecule is O=C(O)C(Cc1ccccc1)Nc1nccc(-c2ccc(CNc3ccccc3)cc2)n1. The Labute approximate surface area is 187 Å². The van der Waals surface area contributed by atoms with Gasteiger partial charge in [-0.05, 0) is 29.3 Å². The van der Waals surface area contributed by atoms with Gasteiger partial charge in [0.25, 0.3) is 0 Å². The van der Waals surface area contributed by atoms with Crippen LogP contribution in [0.4, 0.5) is 11.6 Å². The monoisotopic (exact) mass is 424 g/mol. The smallest absolute Gasteiger partial charge is 0.326 e. The number of para-hydroxylation sites is 1. The third kappa shape index (κ3) is 5.70. The maximum absolute atomic E-state index is 11.7. The van der Waals surface area contributed by atoms with Crippen molar-refractivity contribution < 1.29 is 9.90 Å². The lowest BCUT2D eigenvalue weighted by Gasteiger charge is -2.15. The summed E-state index contributed by atoms with van der Waals surface area (Å²) in [4.78, 5) is 20.5. The summed E-state index contributed by atoms with van der Waals surface area (Å²) in [7, 11) is 0. The Kier molecular flexibility index (Phi) is 6.72. The van der Waals surface area contributed by atoms with Crippen molar-refractivity contribution in [2.45, 2.75) is 19.0 Å². The van der Waals surface area contributed by atoms with Gasteiger partial charge in [0.1, 0.15) is 6.04 Å². The maximum atomic E-state index is 11.7. The second kappa shape index (κ2) is 10.2. The highest BCUT2D eigenvalue weighted by molar-refractivity contribution is 5.77. The normalized spacial score (nSPS) is 11.5. The van der Waals surface area contributed by atoms with Crippen LogP contribution in [0.1, 0.15) is 11.1 Å². The number of benzene rings is 3. The molecule has 0 bridgehead atoms. The van der Waals surface area contributed by atoms with Crippen LogP contribution in [0.3, 0.4) is 0 Å². The number of nitrogens with one attached hydrogen (secondary N) is 2. The first-order chi connectivity index (χ1) is 15.7. The van der Waals surface area contributed by atoms with Crippen LogP contribution in [0.25, 0.3) is 11.3 Å². The summed E-state index contributed by atoms with van der Waals surface area (Å²) in [5, 5.41) is 16.0. The average Bonchev–Trinajstić information content (AvgIpc) is 2.84. The van der Waals surface area contributed by atoms with Crippen LogP contribution < -0.4 is 10.6 Å². The van der Waals surface area contributed by atoms with Crippen molar-refractivity contribution in [3.63, 3.8) is 0 Å². The summed E-state index contributed by atoms with van der Waals surface area (Å²) in [6.07, 6.45) is 1.98. The van der Waals surface area contributed by atoms with Gasteiger partial charge in [0.15, 0.2) is 0 Å². The largest absolute Gasteiger partial charge is 0.480 e. The number of nitrogens with zero attached hydrogens (tertiary/aromatic N) is 2. The van der Waals surface area contributed by atoms with Gasteiger partial charge in [0.05, 0.1) is 5.69 Å². The highest BCUT2D eigenvalue weighted by Gasteiger charge is 2.19. The molecule has 1 aromatic heterocycles. The lowest BCUT2D eigenvalue weighted by molar-refractivity contribution is -0.137. The van der Waals surface area contributed by atoms with E-state index in [9.17, 15) is 9.90 Å². The van der Waals surface area contributed by atoms with Crippen molar-refractivity contribution in [2.24, 2.45) is 0 Å². The molecule has 4 rings (SSSR count). The van der Waals surface area contributed by atoms with Crippen molar-refractivity contribution in [2.75, 3.05) is 10.6 Å². The maximum Gasteiger partial charge on any atom is 0.326 e. The first kappa shape index (κ1) is 21.1. The Hall–Kier alpha value is -4.19. The molecule has 0 fully saturated rings. The molecule has 0 aliphatic carbocycles. The van der Waals surface area contributed by atoms with Gasteiger partial charge in [-0.25, -0.2) is 14.8 Å². The fraction of sp³-hybridized carbons (Fsp3) is 0.115. The Balaban J connectivity index is 1.43. The van der Waals surface area contributed by atoms with E-state index in [2.05, 4.69) is 32.7 Å². The summed E-state index contributed by atoms with van der Waals surface area (Å²) in [5.74, 6) is -0.654. The Bertz CT molecular complexity index is 1150. The van der Waals surface area contributed by atoms with E-state index in [1.54, 1.807) is 6.20 Å². The molecule has 0 aliphatic heterocycles. The number of aliphatic carboxylic acids is 1. The molecule has 4 aromatic rings. The van der Waals surface area contributed by atoms with Crippen LogP contribution in [0.15, 0.2) is 97.2 Å². The van der Waals surface area contributed by atoms with E-state index in [1.807, 2.05) is 78.9 Å². The molecule has 1 unspecified atom stereocenters. The number of carbonyl (C=O) groups is 1. The van der Waals surface area contributed by atoms with Gasteiger partial charge >= 0.3 is 5.97 Å². The Morgan fingerprint density at radius 2 is 1.53 bits per heavy atom. The zero-order valence-electron chi connectivity index (χ0n) is 17.5. The number of hydrogen-bond donors (Lipinski definition) is 3. The molecule has 3 aromatic carbocycles. The minimum atomic E-state index is -0.946. The minimum Gasteiger partial charge on any atom is -0.480 e. The zero-order valence-corrected chi connectivity index (χ0v) is 17.5. The Morgan fingerprint density at radius 1 is 0.844 bits per heavy atom. The van der Waals surface area contributed by atoms with E-state index in [0.717, 1.165) is 34.6 Å². The summed E-state index contributed by atoms with van der Waals surface area (Å²) in [6, 6.07) is 28.7.